The molecule has 0 saturated heterocycles. The molecule has 0 bridgehead atoms. The van der Waals surface area contributed by atoms with E-state index in [0.717, 1.165) is 31.4 Å². The van der Waals surface area contributed by atoms with Crippen molar-refractivity contribution in [2.45, 2.75) is 45.6 Å². The molecule has 0 aliphatic heterocycles. The average Bonchev–Trinajstić information content (AvgIpc) is 2.44. The molecule has 106 valence electrons. The van der Waals surface area contributed by atoms with E-state index >= 15 is 0 Å². The zero-order valence-electron chi connectivity index (χ0n) is 11.8. The van der Waals surface area contributed by atoms with Crippen molar-refractivity contribution in [3.05, 3.63) is 30.3 Å². The second kappa shape index (κ2) is 9.39. The van der Waals surface area contributed by atoms with Crippen molar-refractivity contribution >= 4 is 5.84 Å². The standard InChI is InChI=1S/C15H24N2O2/c1-3-8-14(11-7-12-16-13(2)17-18)19-15-9-5-4-6-10-15/h4-6,9-10,14,18H,3,7-8,11-12H2,1-2H3,(H,16,17). The van der Waals surface area contributed by atoms with Crippen molar-refractivity contribution in [2.75, 3.05) is 6.54 Å². The Morgan fingerprint density at radius 1 is 1.32 bits per heavy atom. The number of benzene rings is 1. The van der Waals surface area contributed by atoms with Gasteiger partial charge in [0.25, 0.3) is 0 Å². The molecule has 19 heavy (non-hydrogen) atoms. The van der Waals surface area contributed by atoms with Crippen LogP contribution in [0.3, 0.4) is 0 Å². The summed E-state index contributed by atoms with van der Waals surface area (Å²) in [5, 5.41) is 8.62. The van der Waals surface area contributed by atoms with Crippen LogP contribution in [0.1, 0.15) is 39.5 Å². The number of hydrogen-bond acceptors (Lipinski definition) is 3. The van der Waals surface area contributed by atoms with Gasteiger partial charge in [-0.3, -0.25) is 15.7 Å². The monoisotopic (exact) mass is 264 g/mol. The smallest absolute Gasteiger partial charge is 0.119 e. The number of amidine groups is 1. The van der Waals surface area contributed by atoms with E-state index in [1.54, 1.807) is 6.92 Å². The molecule has 2 N–H and O–H groups in total. The van der Waals surface area contributed by atoms with Gasteiger partial charge in [0.1, 0.15) is 11.6 Å². The summed E-state index contributed by atoms with van der Waals surface area (Å²) in [6.45, 7) is 4.61. The third-order valence-corrected chi connectivity index (χ3v) is 2.85. The summed E-state index contributed by atoms with van der Waals surface area (Å²) in [6, 6.07) is 9.93. The van der Waals surface area contributed by atoms with Crippen LogP contribution in [0.15, 0.2) is 35.3 Å². The van der Waals surface area contributed by atoms with E-state index in [1.165, 1.54) is 0 Å². The fourth-order valence-electron chi connectivity index (χ4n) is 1.88. The molecule has 0 spiro atoms. The largest absolute Gasteiger partial charge is 0.490 e. The van der Waals surface area contributed by atoms with Crippen LogP contribution in [0.4, 0.5) is 0 Å². The van der Waals surface area contributed by atoms with Gasteiger partial charge in [0.05, 0.1) is 6.10 Å². The Morgan fingerprint density at radius 2 is 2.05 bits per heavy atom. The van der Waals surface area contributed by atoms with Crippen LogP contribution in [-0.4, -0.2) is 23.7 Å². The Hall–Kier alpha value is -1.55. The third kappa shape index (κ3) is 6.82. The maximum atomic E-state index is 8.62. The Morgan fingerprint density at radius 3 is 2.68 bits per heavy atom. The van der Waals surface area contributed by atoms with Crippen LogP contribution in [0.2, 0.25) is 0 Å². The number of nitrogens with one attached hydrogen (secondary N) is 1. The van der Waals surface area contributed by atoms with E-state index in [0.29, 0.717) is 12.4 Å². The van der Waals surface area contributed by atoms with Gasteiger partial charge < -0.3 is 4.74 Å². The molecule has 0 aromatic heterocycles. The lowest BCUT2D eigenvalue weighted by atomic mass is 10.1. The van der Waals surface area contributed by atoms with Crippen molar-refractivity contribution in [1.29, 1.82) is 0 Å². The van der Waals surface area contributed by atoms with Crippen molar-refractivity contribution in [1.82, 2.24) is 5.48 Å². The Balaban J connectivity index is 2.36. The van der Waals surface area contributed by atoms with Crippen LogP contribution >= 0.6 is 0 Å². The molecule has 1 atom stereocenters. The minimum Gasteiger partial charge on any atom is -0.490 e. The summed E-state index contributed by atoms with van der Waals surface area (Å²) in [5.74, 6) is 1.48. The molecule has 1 aromatic rings. The fraction of sp³-hybridized carbons (Fsp3) is 0.533. The van der Waals surface area contributed by atoms with Crippen LogP contribution in [-0.2, 0) is 0 Å². The van der Waals surface area contributed by atoms with Crippen LogP contribution < -0.4 is 10.2 Å². The van der Waals surface area contributed by atoms with E-state index in [2.05, 4.69) is 11.9 Å². The van der Waals surface area contributed by atoms with Gasteiger partial charge in [-0.05, 0) is 38.3 Å². The molecule has 1 aromatic carbocycles. The molecule has 0 amide bonds. The molecule has 1 rings (SSSR count). The topological polar surface area (TPSA) is 53.9 Å². The Kier molecular flexibility index (Phi) is 7.66. The number of rotatable bonds is 8. The molecular formula is C15H24N2O2. The predicted molar refractivity (Wildman–Crippen MR) is 77.9 cm³/mol. The first-order valence-corrected chi connectivity index (χ1v) is 6.89. The van der Waals surface area contributed by atoms with Crippen LogP contribution in [0.25, 0.3) is 0 Å². The second-order valence-electron chi connectivity index (χ2n) is 4.56. The minimum absolute atomic E-state index is 0.241. The maximum absolute atomic E-state index is 8.62. The Labute approximate surface area is 115 Å². The van der Waals surface area contributed by atoms with Gasteiger partial charge in [0.15, 0.2) is 0 Å². The highest BCUT2D eigenvalue weighted by molar-refractivity contribution is 5.78. The summed E-state index contributed by atoms with van der Waals surface area (Å²) in [5.41, 5.74) is 2.04. The molecule has 0 aliphatic rings. The van der Waals surface area contributed by atoms with Gasteiger partial charge in [-0.15, -0.1) is 0 Å². The first-order chi connectivity index (χ1) is 9.26. The second-order valence-corrected chi connectivity index (χ2v) is 4.56. The molecule has 4 heteroatoms. The average molecular weight is 264 g/mol. The highest BCUT2D eigenvalue weighted by Crippen LogP contribution is 2.16. The highest BCUT2D eigenvalue weighted by Gasteiger charge is 2.09. The van der Waals surface area contributed by atoms with E-state index in [-0.39, 0.29) is 6.10 Å². The lowest BCUT2D eigenvalue weighted by Crippen LogP contribution is -2.18. The quantitative estimate of drug-likeness (QED) is 0.327. The molecule has 1 unspecified atom stereocenters. The Bertz CT molecular complexity index is 366. The molecule has 0 radical (unpaired) electrons. The zero-order chi connectivity index (χ0) is 13.9. The summed E-state index contributed by atoms with van der Waals surface area (Å²) >= 11 is 0. The highest BCUT2D eigenvalue weighted by atomic mass is 16.5. The van der Waals surface area contributed by atoms with Gasteiger partial charge in [0, 0.05) is 6.54 Å². The molecule has 0 saturated carbocycles. The summed E-state index contributed by atoms with van der Waals surface area (Å²) in [4.78, 5) is 4.18. The summed E-state index contributed by atoms with van der Waals surface area (Å²) in [6.07, 6.45) is 4.33. The first-order valence-electron chi connectivity index (χ1n) is 6.89. The van der Waals surface area contributed by atoms with E-state index < -0.39 is 0 Å². The molecule has 0 fully saturated rings. The van der Waals surface area contributed by atoms with Crippen molar-refractivity contribution < 1.29 is 9.94 Å². The van der Waals surface area contributed by atoms with Crippen molar-refractivity contribution in [3.8, 4) is 5.75 Å². The number of hydrogen-bond donors (Lipinski definition) is 2. The molecular weight excluding hydrogens is 240 g/mol. The predicted octanol–water partition coefficient (Wildman–Crippen LogP) is 3.41. The van der Waals surface area contributed by atoms with Gasteiger partial charge in [-0.25, -0.2) is 0 Å². The lowest BCUT2D eigenvalue weighted by molar-refractivity contribution is 0.177. The fourth-order valence-corrected chi connectivity index (χ4v) is 1.88. The van der Waals surface area contributed by atoms with E-state index in [9.17, 15) is 0 Å². The van der Waals surface area contributed by atoms with Gasteiger partial charge in [0.2, 0.25) is 0 Å². The number of hydroxylamine groups is 1. The van der Waals surface area contributed by atoms with Gasteiger partial charge in [-0.1, -0.05) is 31.5 Å². The van der Waals surface area contributed by atoms with Crippen LogP contribution in [0, 0.1) is 0 Å². The SMILES string of the molecule is CCCC(CCCN=C(C)NO)Oc1ccccc1. The first kappa shape index (κ1) is 15.5. The van der Waals surface area contributed by atoms with E-state index in [1.807, 2.05) is 35.8 Å². The van der Waals surface area contributed by atoms with E-state index in [4.69, 9.17) is 9.94 Å². The summed E-state index contributed by atoms with van der Waals surface area (Å²) in [7, 11) is 0. The van der Waals surface area contributed by atoms with Crippen molar-refractivity contribution in [3.63, 3.8) is 0 Å². The molecule has 0 aliphatic carbocycles. The number of aliphatic imine (C=N–C) groups is 1. The molecule has 0 heterocycles. The normalized spacial score (nSPS) is 13.1. The molecule has 4 nitrogen and oxygen atoms in total. The van der Waals surface area contributed by atoms with Gasteiger partial charge >= 0.3 is 0 Å². The zero-order valence-corrected chi connectivity index (χ0v) is 11.8. The third-order valence-electron chi connectivity index (χ3n) is 2.85. The van der Waals surface area contributed by atoms with Crippen molar-refractivity contribution in [2.24, 2.45) is 4.99 Å². The lowest BCUT2D eigenvalue weighted by Gasteiger charge is -2.18. The number of para-hydroxylation sites is 1. The maximum Gasteiger partial charge on any atom is 0.119 e. The number of nitrogens with zero attached hydrogens (tertiary/aromatic N) is 1. The minimum atomic E-state index is 0.241. The summed E-state index contributed by atoms with van der Waals surface area (Å²) < 4.78 is 5.97. The van der Waals surface area contributed by atoms with Crippen LogP contribution in [0.5, 0.6) is 5.75 Å². The van der Waals surface area contributed by atoms with Gasteiger partial charge in [-0.2, -0.15) is 0 Å². The number of ether oxygens (including phenoxy) is 1.